The van der Waals surface area contributed by atoms with Gasteiger partial charge in [0.15, 0.2) is 10.8 Å². The number of β-amino-alcohol motifs (C(OH)–C–C–N with tert-alkyl or cyclic N) is 1. The monoisotopic (exact) mass is 627 g/mol. The summed E-state index contributed by atoms with van der Waals surface area (Å²) in [7, 11) is 1.96. The summed E-state index contributed by atoms with van der Waals surface area (Å²) in [5, 5.41) is 26.0. The molecule has 3 saturated heterocycles. The van der Waals surface area contributed by atoms with E-state index in [1.807, 2.05) is 23.8 Å². The Kier molecular flexibility index (Phi) is 6.51. The van der Waals surface area contributed by atoms with Gasteiger partial charge in [-0.1, -0.05) is 11.3 Å². The first kappa shape index (κ1) is 28.2. The number of aliphatic hydroxyl groups is 1. The number of rotatable bonds is 5. The Morgan fingerprint density at radius 2 is 1.84 bits per heavy atom. The Hall–Kier alpha value is -4.28. The molecule has 2 amide bonds. The van der Waals surface area contributed by atoms with Crippen molar-refractivity contribution in [1.29, 1.82) is 5.26 Å². The summed E-state index contributed by atoms with van der Waals surface area (Å²) >= 11 is 1.31. The van der Waals surface area contributed by atoms with Gasteiger partial charge in [0.25, 0.3) is 0 Å². The van der Waals surface area contributed by atoms with E-state index in [0.717, 1.165) is 74.4 Å². The van der Waals surface area contributed by atoms with Gasteiger partial charge in [-0.15, -0.1) is 0 Å². The third kappa shape index (κ3) is 4.78. The zero-order valence-corrected chi connectivity index (χ0v) is 26.1. The number of benzene rings is 1. The average molecular weight is 628 g/mol. The summed E-state index contributed by atoms with van der Waals surface area (Å²) in [6, 6.07) is 10.9. The van der Waals surface area contributed by atoms with E-state index in [1.54, 1.807) is 17.0 Å². The molecule has 8 rings (SSSR count). The van der Waals surface area contributed by atoms with E-state index in [1.165, 1.54) is 23.5 Å². The van der Waals surface area contributed by atoms with Crippen molar-refractivity contribution in [1.82, 2.24) is 29.5 Å². The summed E-state index contributed by atoms with van der Waals surface area (Å²) in [6.07, 6.45) is 3.73. The quantitative estimate of drug-likeness (QED) is 0.339. The van der Waals surface area contributed by atoms with Crippen molar-refractivity contribution in [2.24, 2.45) is 5.41 Å². The van der Waals surface area contributed by atoms with Crippen LogP contribution in [0.4, 0.5) is 25.8 Å². The number of carbonyl (C=O) groups is 1. The van der Waals surface area contributed by atoms with Crippen molar-refractivity contribution in [2.45, 2.75) is 44.8 Å². The predicted molar refractivity (Wildman–Crippen MR) is 169 cm³/mol. The van der Waals surface area contributed by atoms with Crippen molar-refractivity contribution in [3.8, 4) is 17.3 Å². The maximum Gasteiger partial charge on any atom is 0.320 e. The topological polar surface area (TPSA) is 118 Å². The van der Waals surface area contributed by atoms with E-state index < -0.39 is 0 Å². The lowest BCUT2D eigenvalue weighted by atomic mass is 9.72. The first-order chi connectivity index (χ1) is 21.7. The summed E-state index contributed by atoms with van der Waals surface area (Å²) in [5.74, 6) is 0.573. The largest absolute Gasteiger partial charge is 0.389 e. The summed E-state index contributed by atoms with van der Waals surface area (Å²) in [4.78, 5) is 31.0. The van der Waals surface area contributed by atoms with Crippen LogP contribution in [0.25, 0.3) is 22.3 Å². The molecular formula is C32H34FN9O2S. The van der Waals surface area contributed by atoms with Crippen molar-refractivity contribution < 1.29 is 14.3 Å². The van der Waals surface area contributed by atoms with Gasteiger partial charge in [-0.2, -0.15) is 10.4 Å². The van der Waals surface area contributed by atoms with Crippen LogP contribution in [-0.2, 0) is 0 Å². The predicted octanol–water partition coefficient (Wildman–Crippen LogP) is 4.68. The Balaban J connectivity index is 1.06. The van der Waals surface area contributed by atoms with Crippen LogP contribution < -0.4 is 9.80 Å². The number of halogens is 1. The van der Waals surface area contributed by atoms with Crippen LogP contribution in [-0.4, -0.2) is 93.1 Å². The lowest BCUT2D eigenvalue weighted by Gasteiger charge is -2.55. The van der Waals surface area contributed by atoms with Crippen LogP contribution in [0.15, 0.2) is 30.3 Å². The van der Waals surface area contributed by atoms with Crippen LogP contribution in [0, 0.1) is 29.5 Å². The van der Waals surface area contributed by atoms with Gasteiger partial charge in [0.05, 0.1) is 42.0 Å². The lowest BCUT2D eigenvalue weighted by molar-refractivity contribution is -0.0311. The van der Waals surface area contributed by atoms with Crippen LogP contribution in [0.2, 0.25) is 0 Å². The second kappa shape index (κ2) is 10.4. The number of anilines is 3. The van der Waals surface area contributed by atoms with Crippen molar-refractivity contribution in [2.75, 3.05) is 56.1 Å². The number of piperidine rings is 1. The number of hydrogen-bond acceptors (Lipinski definition) is 9. The molecule has 6 heterocycles. The molecule has 45 heavy (non-hydrogen) atoms. The Labute approximate surface area is 264 Å². The maximum atomic E-state index is 13.6. The number of aryl methyl sites for hydroxylation is 1. The number of nitriles is 1. The highest BCUT2D eigenvalue weighted by Gasteiger charge is 2.49. The van der Waals surface area contributed by atoms with E-state index in [0.29, 0.717) is 46.0 Å². The highest BCUT2D eigenvalue weighted by molar-refractivity contribution is 7.16. The van der Waals surface area contributed by atoms with Crippen molar-refractivity contribution in [3.05, 3.63) is 46.7 Å². The zero-order chi connectivity index (χ0) is 31.0. The highest BCUT2D eigenvalue weighted by Crippen LogP contribution is 2.46. The van der Waals surface area contributed by atoms with Gasteiger partial charge in [-0.3, -0.25) is 0 Å². The standard InChI is InChI=1S/C32H34FN9O2S/c1-19-25(39-11-9-32(10-12-39)17-41(18-32)31(44)40-15-23(43)16-40)13-24-28(35-19)37-42(22-7-8-22)29(24)38(2)30-36-27(26(14-34)45-30)20-3-5-21(33)6-4-20/h3-6,13,22-23,43H,7-12,15-18H2,1-2H3. The minimum absolute atomic E-state index is 0.0510. The van der Waals surface area contributed by atoms with Gasteiger partial charge in [0.1, 0.15) is 28.3 Å². The molecule has 1 saturated carbocycles. The number of carbonyl (C=O) groups excluding carboxylic acids is 1. The third-order valence-corrected chi connectivity index (χ3v) is 10.8. The minimum Gasteiger partial charge on any atom is -0.389 e. The van der Waals surface area contributed by atoms with Crippen LogP contribution in [0.5, 0.6) is 0 Å². The van der Waals surface area contributed by atoms with E-state index in [9.17, 15) is 19.6 Å². The number of thiazole rings is 1. The van der Waals surface area contributed by atoms with E-state index in [4.69, 9.17) is 15.1 Å². The molecule has 0 unspecified atom stereocenters. The van der Waals surface area contributed by atoms with E-state index in [2.05, 4.69) is 21.7 Å². The smallest absolute Gasteiger partial charge is 0.320 e. The molecule has 0 bridgehead atoms. The summed E-state index contributed by atoms with van der Waals surface area (Å²) < 4.78 is 15.7. The molecule has 3 aromatic heterocycles. The molecule has 1 aromatic carbocycles. The molecule has 11 nitrogen and oxygen atoms in total. The molecule has 232 valence electrons. The van der Waals surface area contributed by atoms with Gasteiger partial charge >= 0.3 is 6.03 Å². The van der Waals surface area contributed by atoms with Gasteiger partial charge in [0, 0.05) is 44.2 Å². The number of aromatic nitrogens is 4. The van der Waals surface area contributed by atoms with Crippen LogP contribution in [0.3, 0.4) is 0 Å². The van der Waals surface area contributed by atoms with Gasteiger partial charge in [-0.05, 0) is 62.9 Å². The number of amides is 2. The number of likely N-dealkylation sites (tertiary alicyclic amines) is 2. The number of aliphatic hydroxyl groups excluding tert-OH is 1. The molecule has 0 radical (unpaired) electrons. The highest BCUT2D eigenvalue weighted by atomic mass is 32.1. The second-order valence-electron chi connectivity index (χ2n) is 13.0. The Morgan fingerprint density at radius 3 is 2.49 bits per heavy atom. The molecule has 4 aromatic rings. The number of urea groups is 1. The fourth-order valence-corrected chi connectivity index (χ4v) is 7.84. The van der Waals surface area contributed by atoms with Gasteiger partial charge in [-0.25, -0.2) is 23.8 Å². The number of fused-ring (bicyclic) bond motifs is 1. The number of nitrogens with zero attached hydrogens (tertiary/aromatic N) is 9. The molecule has 1 spiro atoms. The van der Waals surface area contributed by atoms with Gasteiger partial charge in [0.2, 0.25) is 0 Å². The summed E-state index contributed by atoms with van der Waals surface area (Å²) in [5.41, 5.74) is 4.13. The van der Waals surface area contributed by atoms with Gasteiger partial charge < -0.3 is 24.7 Å². The normalized spacial score (nSPS) is 19.5. The fourth-order valence-electron chi connectivity index (χ4n) is 6.99. The molecule has 1 N–H and O–H groups in total. The number of hydrogen-bond donors (Lipinski definition) is 1. The van der Waals surface area contributed by atoms with Crippen LogP contribution in [0.1, 0.15) is 42.3 Å². The second-order valence-corrected chi connectivity index (χ2v) is 14.0. The maximum absolute atomic E-state index is 13.6. The molecule has 0 atom stereocenters. The van der Waals surface area contributed by atoms with E-state index in [-0.39, 0.29) is 23.4 Å². The molecule has 3 aliphatic heterocycles. The Bertz CT molecular complexity index is 1840. The average Bonchev–Trinajstić information content (AvgIpc) is 3.66. The van der Waals surface area contributed by atoms with Crippen molar-refractivity contribution in [3.63, 3.8) is 0 Å². The molecular weight excluding hydrogens is 593 g/mol. The fraction of sp³-hybridized carbons (Fsp3) is 0.469. The van der Waals surface area contributed by atoms with E-state index >= 15 is 0 Å². The number of pyridine rings is 1. The first-order valence-corrected chi connectivity index (χ1v) is 16.3. The minimum atomic E-state index is -0.381. The lowest BCUT2D eigenvalue weighted by Crippen LogP contribution is -2.67. The molecule has 1 aliphatic carbocycles. The third-order valence-electron chi connectivity index (χ3n) is 9.78. The SMILES string of the molecule is Cc1nc2nn(C3CC3)c(N(C)c3nc(-c4ccc(F)cc4)c(C#N)s3)c2cc1N1CCC2(CC1)CN(C(=O)N1CC(O)C1)C2. The molecule has 4 fully saturated rings. The summed E-state index contributed by atoms with van der Waals surface area (Å²) in [6.45, 7) is 6.26. The molecule has 4 aliphatic rings. The zero-order valence-electron chi connectivity index (χ0n) is 25.3. The van der Waals surface area contributed by atoms with Crippen LogP contribution >= 0.6 is 11.3 Å². The van der Waals surface area contributed by atoms with Crippen molar-refractivity contribution >= 4 is 45.0 Å². The first-order valence-electron chi connectivity index (χ1n) is 15.5. The Morgan fingerprint density at radius 1 is 1.13 bits per heavy atom. The molecule has 13 heteroatoms.